The summed E-state index contributed by atoms with van der Waals surface area (Å²) < 4.78 is 6.39. The molecule has 0 atom stereocenters. The molecule has 8 nitrogen and oxygen atoms in total. The number of hydrogen-bond donors (Lipinski definition) is 3. The molecule has 0 aromatic heterocycles. The molecule has 0 unspecified atom stereocenters. The van der Waals surface area contributed by atoms with Gasteiger partial charge in [-0.2, -0.15) is 5.10 Å². The van der Waals surface area contributed by atoms with Gasteiger partial charge in [0.15, 0.2) is 6.61 Å². The van der Waals surface area contributed by atoms with Crippen molar-refractivity contribution in [2.24, 2.45) is 5.10 Å². The van der Waals surface area contributed by atoms with Crippen LogP contribution in [0.4, 0.5) is 11.4 Å². The third kappa shape index (κ3) is 8.24. The molecule has 0 fully saturated rings. The predicted molar refractivity (Wildman–Crippen MR) is 140 cm³/mol. The van der Waals surface area contributed by atoms with Crippen LogP contribution in [0.3, 0.4) is 0 Å². The number of hydrazone groups is 1. The molecular weight excluding hydrogens is 536 g/mol. The van der Waals surface area contributed by atoms with Crippen molar-refractivity contribution >= 4 is 62.8 Å². The van der Waals surface area contributed by atoms with Gasteiger partial charge in [-0.1, -0.05) is 39.7 Å². The second-order valence-corrected chi connectivity index (χ2v) is 8.91. The molecule has 35 heavy (non-hydrogen) atoms. The molecule has 180 valence electrons. The van der Waals surface area contributed by atoms with E-state index in [0.29, 0.717) is 27.7 Å². The number of anilines is 2. The number of nitrogens with one attached hydrogen (secondary N) is 3. The maximum Gasteiger partial charge on any atom is 0.329 e. The molecule has 0 saturated carbocycles. The van der Waals surface area contributed by atoms with Crippen LogP contribution in [-0.2, 0) is 14.4 Å². The van der Waals surface area contributed by atoms with E-state index in [9.17, 15) is 14.4 Å². The Morgan fingerprint density at radius 2 is 1.69 bits per heavy atom. The van der Waals surface area contributed by atoms with Gasteiger partial charge >= 0.3 is 11.8 Å². The average molecular weight is 558 g/mol. The van der Waals surface area contributed by atoms with Crippen LogP contribution in [0.5, 0.6) is 5.75 Å². The van der Waals surface area contributed by atoms with Gasteiger partial charge in [-0.25, -0.2) is 5.43 Å². The number of carbonyl (C=O) groups excluding carboxylic acids is 3. The first-order chi connectivity index (χ1) is 16.7. The van der Waals surface area contributed by atoms with Gasteiger partial charge in [0.05, 0.1) is 6.21 Å². The molecule has 0 aliphatic carbocycles. The first-order valence-electron chi connectivity index (χ1n) is 10.4. The first kappa shape index (κ1) is 25.9. The van der Waals surface area contributed by atoms with Gasteiger partial charge in [-0.3, -0.25) is 14.4 Å². The number of amides is 3. The van der Waals surface area contributed by atoms with Gasteiger partial charge in [0.1, 0.15) is 5.75 Å². The molecule has 3 amide bonds. The number of halogens is 2. The maximum absolute atomic E-state index is 12.3. The Bertz CT molecular complexity index is 1280. The number of rotatable bonds is 7. The van der Waals surface area contributed by atoms with Gasteiger partial charge in [0.2, 0.25) is 0 Å². The monoisotopic (exact) mass is 556 g/mol. The van der Waals surface area contributed by atoms with Crippen LogP contribution < -0.4 is 20.8 Å². The maximum atomic E-state index is 12.3. The Morgan fingerprint density at radius 3 is 2.40 bits per heavy atom. The fourth-order valence-electron chi connectivity index (χ4n) is 3.10. The van der Waals surface area contributed by atoms with E-state index in [2.05, 4.69) is 37.1 Å². The average Bonchev–Trinajstić information content (AvgIpc) is 2.77. The lowest BCUT2D eigenvalue weighted by atomic mass is 10.1. The number of hydrogen-bond acceptors (Lipinski definition) is 5. The summed E-state index contributed by atoms with van der Waals surface area (Å²) in [5.41, 5.74) is 5.78. The number of nitrogens with zero attached hydrogens (tertiary/aromatic N) is 1. The molecule has 0 spiro atoms. The summed E-state index contributed by atoms with van der Waals surface area (Å²) in [5.74, 6) is -1.83. The molecule has 0 aliphatic rings. The van der Waals surface area contributed by atoms with Crippen LogP contribution >= 0.6 is 27.5 Å². The quantitative estimate of drug-likeness (QED) is 0.220. The second kappa shape index (κ2) is 12.1. The lowest BCUT2D eigenvalue weighted by Crippen LogP contribution is -2.32. The molecule has 3 aromatic rings. The summed E-state index contributed by atoms with van der Waals surface area (Å²) in [4.78, 5) is 36.4. The van der Waals surface area contributed by atoms with E-state index in [-0.39, 0.29) is 12.5 Å². The van der Waals surface area contributed by atoms with Gasteiger partial charge in [0.25, 0.3) is 5.91 Å². The molecule has 0 bridgehead atoms. The van der Waals surface area contributed by atoms with E-state index in [1.165, 1.54) is 12.3 Å². The van der Waals surface area contributed by atoms with Crippen LogP contribution in [0.25, 0.3) is 0 Å². The van der Waals surface area contributed by atoms with E-state index in [1.54, 1.807) is 36.4 Å². The van der Waals surface area contributed by atoms with Gasteiger partial charge in [-0.05, 0) is 73.5 Å². The van der Waals surface area contributed by atoms with Crippen molar-refractivity contribution in [1.29, 1.82) is 0 Å². The summed E-state index contributed by atoms with van der Waals surface area (Å²) in [6.07, 6.45) is 1.31. The number of aryl methyl sites for hydroxylation is 2. The molecule has 0 heterocycles. The summed E-state index contributed by atoms with van der Waals surface area (Å²) in [6, 6.07) is 17.2. The zero-order valence-corrected chi connectivity index (χ0v) is 21.2. The highest BCUT2D eigenvalue weighted by Gasteiger charge is 2.13. The third-order valence-corrected chi connectivity index (χ3v) is 5.22. The third-order valence-electron chi connectivity index (χ3n) is 4.49. The molecule has 3 N–H and O–H groups in total. The van der Waals surface area contributed by atoms with E-state index in [4.69, 9.17) is 16.3 Å². The molecular formula is C25H22BrClN4O4. The summed E-state index contributed by atoms with van der Waals surface area (Å²) in [5, 5.41) is 9.47. The lowest BCUT2D eigenvalue weighted by molar-refractivity contribution is -0.136. The lowest BCUT2D eigenvalue weighted by Gasteiger charge is -2.11. The van der Waals surface area contributed by atoms with Crippen LogP contribution in [0.1, 0.15) is 16.7 Å². The molecule has 0 radical (unpaired) electrons. The molecule has 0 aliphatic heterocycles. The van der Waals surface area contributed by atoms with Gasteiger partial charge in [-0.15, -0.1) is 0 Å². The van der Waals surface area contributed by atoms with Crippen molar-refractivity contribution < 1.29 is 19.1 Å². The SMILES string of the molecule is Cc1cc(C)cc(NC(=O)COc2ccc(Br)cc2/C=N\NC(=O)C(=O)Nc2cccc(Cl)c2)c1. The first-order valence-corrected chi connectivity index (χ1v) is 11.6. The Labute approximate surface area is 215 Å². The number of carbonyl (C=O) groups is 3. The predicted octanol–water partition coefficient (Wildman–Crippen LogP) is 4.83. The standard InChI is InChI=1S/C25H22BrClN4O4/c1-15-8-16(2)10-21(9-15)29-23(32)14-35-22-7-6-18(26)11-17(22)13-28-31-25(34)24(33)30-20-5-3-4-19(27)12-20/h3-13H,14H2,1-2H3,(H,29,32)(H,30,33)(H,31,34)/b28-13-. The van der Waals surface area contributed by atoms with Crippen LogP contribution in [0, 0.1) is 13.8 Å². The minimum atomic E-state index is -0.966. The van der Waals surface area contributed by atoms with E-state index in [0.717, 1.165) is 15.6 Å². The van der Waals surface area contributed by atoms with Crippen molar-refractivity contribution in [2.75, 3.05) is 17.2 Å². The van der Waals surface area contributed by atoms with Crippen LogP contribution in [0.15, 0.2) is 70.2 Å². The molecule has 0 saturated heterocycles. The van der Waals surface area contributed by atoms with Crippen molar-refractivity contribution in [1.82, 2.24) is 5.43 Å². The Balaban J connectivity index is 1.58. The van der Waals surface area contributed by atoms with E-state index < -0.39 is 11.8 Å². The van der Waals surface area contributed by atoms with E-state index in [1.807, 2.05) is 32.0 Å². The normalized spacial score (nSPS) is 10.6. The fraction of sp³-hybridized carbons (Fsp3) is 0.120. The van der Waals surface area contributed by atoms with Crippen LogP contribution in [-0.4, -0.2) is 30.5 Å². The van der Waals surface area contributed by atoms with Gasteiger partial charge < -0.3 is 15.4 Å². The van der Waals surface area contributed by atoms with Crippen LogP contribution in [0.2, 0.25) is 5.02 Å². The minimum Gasteiger partial charge on any atom is -0.483 e. The summed E-state index contributed by atoms with van der Waals surface area (Å²) in [7, 11) is 0. The van der Waals surface area contributed by atoms with E-state index >= 15 is 0 Å². The molecule has 10 heteroatoms. The van der Waals surface area contributed by atoms with Crippen molar-refractivity contribution in [3.05, 3.63) is 86.8 Å². The Kier molecular flexibility index (Phi) is 8.99. The zero-order chi connectivity index (χ0) is 25.4. The highest BCUT2D eigenvalue weighted by Crippen LogP contribution is 2.22. The minimum absolute atomic E-state index is 0.232. The van der Waals surface area contributed by atoms with Crippen molar-refractivity contribution in [3.8, 4) is 5.75 Å². The van der Waals surface area contributed by atoms with Crippen molar-refractivity contribution in [2.45, 2.75) is 13.8 Å². The summed E-state index contributed by atoms with van der Waals surface area (Å²) >= 11 is 9.23. The molecule has 3 rings (SSSR count). The largest absolute Gasteiger partial charge is 0.483 e. The van der Waals surface area contributed by atoms with Gasteiger partial charge in [0, 0.05) is 26.4 Å². The fourth-order valence-corrected chi connectivity index (χ4v) is 3.67. The highest BCUT2D eigenvalue weighted by atomic mass is 79.9. The summed E-state index contributed by atoms with van der Waals surface area (Å²) in [6.45, 7) is 3.67. The Hall–Kier alpha value is -3.69. The number of benzene rings is 3. The smallest absolute Gasteiger partial charge is 0.329 e. The molecule has 3 aromatic carbocycles. The Morgan fingerprint density at radius 1 is 0.943 bits per heavy atom. The topological polar surface area (TPSA) is 109 Å². The second-order valence-electron chi connectivity index (χ2n) is 7.56. The highest BCUT2D eigenvalue weighted by molar-refractivity contribution is 9.10. The number of ether oxygens (including phenoxy) is 1. The zero-order valence-electron chi connectivity index (χ0n) is 18.9. The van der Waals surface area contributed by atoms with Crippen molar-refractivity contribution in [3.63, 3.8) is 0 Å².